The highest BCUT2D eigenvalue weighted by Gasteiger charge is 2.23. The molecule has 4 rings (SSSR count). The fraction of sp³-hybridized carbons (Fsp3) is 0.150. The van der Waals surface area contributed by atoms with E-state index in [1.165, 1.54) is 32.4 Å². The molecule has 0 aliphatic heterocycles. The normalized spacial score (nSPS) is 11.2. The summed E-state index contributed by atoms with van der Waals surface area (Å²) in [7, 11) is 2.56. The first-order valence-electron chi connectivity index (χ1n) is 8.14. The Balaban J connectivity index is 2.30. The van der Waals surface area contributed by atoms with Crippen molar-refractivity contribution >= 4 is 44.7 Å². The highest BCUT2D eigenvalue weighted by molar-refractivity contribution is 6.26. The average Bonchev–Trinajstić information content (AvgIpc) is 3.05. The molecule has 0 spiro atoms. The first-order valence-corrected chi connectivity index (χ1v) is 8.14. The lowest BCUT2D eigenvalue weighted by molar-refractivity contribution is 0.0590. The van der Waals surface area contributed by atoms with E-state index in [1.54, 1.807) is 6.92 Å². The van der Waals surface area contributed by atoms with Gasteiger partial charge in [-0.2, -0.15) is 0 Å². The maximum Gasteiger partial charge on any atom is 0.339 e. The van der Waals surface area contributed by atoms with E-state index in [4.69, 9.17) is 13.9 Å². The lowest BCUT2D eigenvalue weighted by atomic mass is 10.0. The van der Waals surface area contributed by atoms with Crippen molar-refractivity contribution in [3.8, 4) is 0 Å². The van der Waals surface area contributed by atoms with Crippen LogP contribution in [-0.2, 0) is 9.47 Å². The SMILES string of the molecule is COC(=O)c1ccc(C(=O)OC)c2c1[nH]c1ccc3c(C)cc(=O)oc3c12. The highest BCUT2D eigenvalue weighted by atomic mass is 16.5. The number of nitrogens with one attached hydrogen (secondary N) is 1. The molecule has 2 aromatic heterocycles. The van der Waals surface area contributed by atoms with E-state index in [2.05, 4.69) is 4.98 Å². The van der Waals surface area contributed by atoms with Gasteiger partial charge in [-0.1, -0.05) is 0 Å². The standard InChI is InChI=1S/C20H15NO6/c1-9-8-14(22)27-18-10(9)6-7-13-16(18)15-11(19(23)25-2)4-5-12(17(15)21-13)20(24)26-3/h4-8,21H,1-3H3. The summed E-state index contributed by atoms with van der Waals surface area (Å²) in [5.74, 6) is -1.12. The second-order valence-electron chi connectivity index (χ2n) is 6.13. The summed E-state index contributed by atoms with van der Waals surface area (Å²) in [6.45, 7) is 1.81. The van der Waals surface area contributed by atoms with Crippen LogP contribution in [0.4, 0.5) is 0 Å². The Morgan fingerprint density at radius 1 is 0.963 bits per heavy atom. The molecule has 0 unspecified atom stereocenters. The van der Waals surface area contributed by atoms with Crippen molar-refractivity contribution in [2.45, 2.75) is 6.92 Å². The number of methoxy groups -OCH3 is 2. The fourth-order valence-electron chi connectivity index (χ4n) is 3.42. The Hall–Kier alpha value is -3.61. The summed E-state index contributed by atoms with van der Waals surface area (Å²) in [5.41, 5.74) is 2.15. The van der Waals surface area contributed by atoms with Gasteiger partial charge in [-0.25, -0.2) is 14.4 Å². The molecule has 0 bridgehead atoms. The van der Waals surface area contributed by atoms with Gasteiger partial charge in [-0.3, -0.25) is 0 Å². The molecule has 7 nitrogen and oxygen atoms in total. The summed E-state index contributed by atoms with van der Waals surface area (Å²) in [6, 6.07) is 8.04. The monoisotopic (exact) mass is 365 g/mol. The number of aromatic nitrogens is 1. The molecule has 4 aromatic rings. The Labute approximate surface area is 152 Å². The zero-order valence-electron chi connectivity index (χ0n) is 14.8. The van der Waals surface area contributed by atoms with Crippen LogP contribution >= 0.6 is 0 Å². The first kappa shape index (κ1) is 16.8. The second-order valence-corrected chi connectivity index (χ2v) is 6.13. The number of fused-ring (bicyclic) bond motifs is 5. The Morgan fingerprint density at radius 2 is 1.63 bits per heavy atom. The molecule has 2 aromatic carbocycles. The van der Waals surface area contributed by atoms with E-state index in [9.17, 15) is 14.4 Å². The number of hydrogen-bond donors (Lipinski definition) is 1. The van der Waals surface area contributed by atoms with Crippen LogP contribution in [0.2, 0.25) is 0 Å². The molecule has 2 heterocycles. The number of aromatic amines is 1. The summed E-state index contributed by atoms with van der Waals surface area (Å²) in [4.78, 5) is 39.6. The quantitative estimate of drug-likeness (QED) is 0.432. The van der Waals surface area contributed by atoms with E-state index in [-0.39, 0.29) is 11.1 Å². The predicted octanol–water partition coefficient (Wildman–Crippen LogP) is 3.31. The van der Waals surface area contributed by atoms with Crippen molar-refractivity contribution in [3.05, 3.63) is 57.4 Å². The van der Waals surface area contributed by atoms with Gasteiger partial charge in [-0.15, -0.1) is 0 Å². The number of ether oxygens (including phenoxy) is 2. The highest BCUT2D eigenvalue weighted by Crippen LogP contribution is 2.36. The minimum atomic E-state index is -0.565. The molecule has 0 atom stereocenters. The number of hydrogen-bond acceptors (Lipinski definition) is 6. The van der Waals surface area contributed by atoms with Gasteiger partial charge in [0.15, 0.2) is 0 Å². The fourth-order valence-corrected chi connectivity index (χ4v) is 3.42. The minimum Gasteiger partial charge on any atom is -0.465 e. The zero-order valence-corrected chi connectivity index (χ0v) is 14.8. The second kappa shape index (κ2) is 5.98. The van der Waals surface area contributed by atoms with E-state index in [0.717, 1.165) is 10.9 Å². The van der Waals surface area contributed by atoms with E-state index in [1.807, 2.05) is 12.1 Å². The van der Waals surface area contributed by atoms with E-state index in [0.29, 0.717) is 27.4 Å². The van der Waals surface area contributed by atoms with Gasteiger partial charge in [-0.05, 0) is 36.8 Å². The third kappa shape index (κ3) is 2.39. The van der Waals surface area contributed by atoms with Crippen LogP contribution in [0.5, 0.6) is 0 Å². The summed E-state index contributed by atoms with van der Waals surface area (Å²) in [5, 5.41) is 1.72. The molecule has 7 heteroatoms. The van der Waals surface area contributed by atoms with Crippen LogP contribution in [0, 0.1) is 6.92 Å². The Bertz CT molecular complexity index is 1310. The van der Waals surface area contributed by atoms with Gasteiger partial charge in [0.05, 0.1) is 41.8 Å². The molecule has 0 aliphatic rings. The van der Waals surface area contributed by atoms with Gasteiger partial charge >= 0.3 is 17.6 Å². The molecule has 0 aliphatic carbocycles. The average molecular weight is 365 g/mol. The largest absolute Gasteiger partial charge is 0.465 e. The topological polar surface area (TPSA) is 98.6 Å². The van der Waals surface area contributed by atoms with Crippen LogP contribution in [0.3, 0.4) is 0 Å². The smallest absolute Gasteiger partial charge is 0.339 e. The molecule has 0 saturated carbocycles. The van der Waals surface area contributed by atoms with Gasteiger partial charge in [0.25, 0.3) is 0 Å². The molecular formula is C20H15NO6. The Kier molecular flexibility index (Phi) is 3.73. The van der Waals surface area contributed by atoms with Gasteiger partial charge in [0.1, 0.15) is 5.58 Å². The van der Waals surface area contributed by atoms with Crippen molar-refractivity contribution in [2.24, 2.45) is 0 Å². The molecule has 1 N–H and O–H groups in total. The lowest BCUT2D eigenvalue weighted by Gasteiger charge is -2.07. The number of aryl methyl sites for hydroxylation is 1. The molecule has 0 amide bonds. The number of benzene rings is 2. The van der Waals surface area contributed by atoms with Crippen LogP contribution in [0.25, 0.3) is 32.8 Å². The number of esters is 2. The van der Waals surface area contributed by atoms with Crippen molar-refractivity contribution in [2.75, 3.05) is 14.2 Å². The number of H-pyrrole nitrogens is 1. The molecule has 0 radical (unpaired) electrons. The van der Waals surface area contributed by atoms with Crippen molar-refractivity contribution < 1.29 is 23.5 Å². The lowest BCUT2D eigenvalue weighted by Crippen LogP contribution is -2.06. The van der Waals surface area contributed by atoms with Crippen molar-refractivity contribution in [3.63, 3.8) is 0 Å². The van der Waals surface area contributed by atoms with Crippen molar-refractivity contribution in [1.82, 2.24) is 4.98 Å². The summed E-state index contributed by atoms with van der Waals surface area (Å²) in [6.07, 6.45) is 0. The van der Waals surface area contributed by atoms with Crippen LogP contribution in [0.15, 0.2) is 39.5 Å². The number of rotatable bonds is 2. The minimum absolute atomic E-state index is 0.253. The molecule has 0 saturated heterocycles. The molecule has 0 fully saturated rings. The van der Waals surface area contributed by atoms with Gasteiger partial charge in [0, 0.05) is 16.8 Å². The summed E-state index contributed by atoms with van der Waals surface area (Å²) < 4.78 is 15.2. The van der Waals surface area contributed by atoms with E-state index >= 15 is 0 Å². The third-order valence-corrected chi connectivity index (χ3v) is 4.65. The first-order chi connectivity index (χ1) is 13.0. The predicted molar refractivity (Wildman–Crippen MR) is 99.3 cm³/mol. The third-order valence-electron chi connectivity index (χ3n) is 4.65. The van der Waals surface area contributed by atoms with Crippen molar-refractivity contribution in [1.29, 1.82) is 0 Å². The van der Waals surface area contributed by atoms with E-state index < -0.39 is 17.6 Å². The number of carbonyl (C=O) groups is 2. The maximum absolute atomic E-state index is 12.3. The summed E-state index contributed by atoms with van der Waals surface area (Å²) >= 11 is 0. The molecule has 136 valence electrons. The van der Waals surface area contributed by atoms with Crippen LogP contribution in [0.1, 0.15) is 26.3 Å². The van der Waals surface area contributed by atoms with Crippen LogP contribution < -0.4 is 5.63 Å². The molecular weight excluding hydrogens is 350 g/mol. The zero-order chi connectivity index (χ0) is 19.3. The van der Waals surface area contributed by atoms with Gasteiger partial charge < -0.3 is 18.9 Å². The van der Waals surface area contributed by atoms with Crippen LogP contribution in [-0.4, -0.2) is 31.1 Å². The Morgan fingerprint density at radius 3 is 2.33 bits per heavy atom. The van der Waals surface area contributed by atoms with Gasteiger partial charge in [0.2, 0.25) is 0 Å². The molecule has 27 heavy (non-hydrogen) atoms. The number of carbonyl (C=O) groups excluding carboxylic acids is 2. The maximum atomic E-state index is 12.3.